The fourth-order valence-corrected chi connectivity index (χ4v) is 1.66. The van der Waals surface area contributed by atoms with Crippen molar-refractivity contribution in [3.05, 3.63) is 21.6 Å². The molecule has 1 aliphatic carbocycles. The first-order valence-corrected chi connectivity index (χ1v) is 5.71. The second-order valence-corrected chi connectivity index (χ2v) is 4.82. The van der Waals surface area contributed by atoms with Gasteiger partial charge in [-0.15, -0.1) is 0 Å². The van der Waals surface area contributed by atoms with Crippen molar-refractivity contribution in [2.75, 3.05) is 12.3 Å². The van der Waals surface area contributed by atoms with E-state index in [2.05, 4.69) is 15.9 Å². The average molecular weight is 277 g/mol. The first-order chi connectivity index (χ1) is 6.66. The standard InChI is InChI=1S/C10H11BrClNO/c11-7-3-10(9(13)4-8(7)12)14-5-6-1-2-6/h3-4,6H,1-2,5,13H2. The predicted octanol–water partition coefficient (Wildman–Crippen LogP) is 3.47. The van der Waals surface area contributed by atoms with E-state index in [1.54, 1.807) is 6.07 Å². The van der Waals surface area contributed by atoms with E-state index in [9.17, 15) is 0 Å². The second kappa shape index (κ2) is 3.99. The molecule has 0 atom stereocenters. The van der Waals surface area contributed by atoms with Crippen molar-refractivity contribution in [2.45, 2.75) is 12.8 Å². The maximum atomic E-state index is 5.88. The first kappa shape index (κ1) is 10.1. The van der Waals surface area contributed by atoms with Gasteiger partial charge < -0.3 is 10.5 Å². The number of nitrogen functional groups attached to an aromatic ring is 1. The lowest BCUT2D eigenvalue weighted by atomic mass is 10.3. The summed E-state index contributed by atoms with van der Waals surface area (Å²) in [5.41, 5.74) is 6.36. The van der Waals surface area contributed by atoms with Crippen molar-refractivity contribution in [3.63, 3.8) is 0 Å². The van der Waals surface area contributed by atoms with E-state index < -0.39 is 0 Å². The number of benzene rings is 1. The van der Waals surface area contributed by atoms with E-state index >= 15 is 0 Å². The molecule has 0 heterocycles. The molecule has 76 valence electrons. The lowest BCUT2D eigenvalue weighted by Crippen LogP contribution is -2.01. The molecule has 0 aliphatic heterocycles. The van der Waals surface area contributed by atoms with Crippen LogP contribution in [-0.2, 0) is 0 Å². The maximum absolute atomic E-state index is 5.88. The lowest BCUT2D eigenvalue weighted by Gasteiger charge is -2.09. The predicted molar refractivity (Wildman–Crippen MR) is 61.8 cm³/mol. The highest BCUT2D eigenvalue weighted by Crippen LogP contribution is 2.35. The molecule has 2 N–H and O–H groups in total. The summed E-state index contributed by atoms with van der Waals surface area (Å²) >= 11 is 9.21. The van der Waals surface area contributed by atoms with Crippen LogP contribution in [0, 0.1) is 5.92 Å². The Morgan fingerprint density at radius 3 is 2.86 bits per heavy atom. The number of hydrogen-bond acceptors (Lipinski definition) is 2. The number of hydrogen-bond donors (Lipinski definition) is 1. The van der Waals surface area contributed by atoms with Gasteiger partial charge in [0.1, 0.15) is 5.75 Å². The zero-order chi connectivity index (χ0) is 10.1. The summed E-state index contributed by atoms with van der Waals surface area (Å²) in [6.07, 6.45) is 2.54. The van der Waals surface area contributed by atoms with Gasteiger partial charge in [-0.3, -0.25) is 0 Å². The van der Waals surface area contributed by atoms with Gasteiger partial charge in [0.15, 0.2) is 0 Å². The summed E-state index contributed by atoms with van der Waals surface area (Å²) < 4.78 is 6.40. The summed E-state index contributed by atoms with van der Waals surface area (Å²) in [5, 5.41) is 0.612. The van der Waals surface area contributed by atoms with Gasteiger partial charge in [0.05, 0.1) is 17.3 Å². The number of anilines is 1. The number of nitrogens with two attached hydrogens (primary N) is 1. The normalized spacial score (nSPS) is 15.6. The van der Waals surface area contributed by atoms with E-state index in [0.717, 1.165) is 17.0 Å². The van der Waals surface area contributed by atoms with E-state index in [1.807, 2.05) is 6.07 Å². The van der Waals surface area contributed by atoms with E-state index in [4.69, 9.17) is 22.1 Å². The van der Waals surface area contributed by atoms with Crippen molar-refractivity contribution in [1.82, 2.24) is 0 Å². The van der Waals surface area contributed by atoms with Crippen LogP contribution in [0.2, 0.25) is 5.02 Å². The molecular weight excluding hydrogens is 265 g/mol. The van der Waals surface area contributed by atoms with Gasteiger partial charge in [0.25, 0.3) is 0 Å². The van der Waals surface area contributed by atoms with Crippen LogP contribution < -0.4 is 10.5 Å². The third-order valence-electron chi connectivity index (χ3n) is 2.22. The summed E-state index contributed by atoms with van der Waals surface area (Å²) in [6.45, 7) is 0.762. The Hall–Kier alpha value is -0.410. The monoisotopic (exact) mass is 275 g/mol. The van der Waals surface area contributed by atoms with E-state index in [-0.39, 0.29) is 0 Å². The Morgan fingerprint density at radius 1 is 1.50 bits per heavy atom. The van der Waals surface area contributed by atoms with Crippen LogP contribution in [-0.4, -0.2) is 6.61 Å². The Labute approximate surface area is 96.5 Å². The minimum atomic E-state index is 0.596. The van der Waals surface area contributed by atoms with Crippen LogP contribution in [0.5, 0.6) is 5.75 Å². The Morgan fingerprint density at radius 2 is 2.21 bits per heavy atom. The SMILES string of the molecule is Nc1cc(Cl)c(Br)cc1OCC1CC1. The number of ether oxygens (including phenoxy) is 1. The number of rotatable bonds is 3. The molecule has 1 fully saturated rings. The molecule has 14 heavy (non-hydrogen) atoms. The summed E-state index contributed by atoms with van der Waals surface area (Å²) in [7, 11) is 0. The van der Waals surface area contributed by atoms with Crippen LogP contribution in [0.25, 0.3) is 0 Å². The average Bonchev–Trinajstić information content (AvgIpc) is 2.92. The molecule has 2 rings (SSSR count). The summed E-state index contributed by atoms with van der Waals surface area (Å²) in [6, 6.07) is 3.52. The molecule has 0 bridgehead atoms. The molecule has 0 spiro atoms. The van der Waals surface area contributed by atoms with Crippen LogP contribution in [0.15, 0.2) is 16.6 Å². The van der Waals surface area contributed by atoms with E-state index in [1.165, 1.54) is 12.8 Å². The Bertz CT molecular complexity index is 352. The largest absolute Gasteiger partial charge is 0.491 e. The second-order valence-electron chi connectivity index (χ2n) is 3.56. The maximum Gasteiger partial charge on any atom is 0.143 e. The van der Waals surface area contributed by atoms with Crippen molar-refractivity contribution >= 4 is 33.2 Å². The van der Waals surface area contributed by atoms with Crippen molar-refractivity contribution in [3.8, 4) is 5.75 Å². The zero-order valence-corrected chi connectivity index (χ0v) is 9.94. The molecule has 0 amide bonds. The van der Waals surface area contributed by atoms with Gasteiger partial charge in [-0.05, 0) is 46.8 Å². The molecular formula is C10H11BrClNO. The molecule has 1 aliphatic rings. The highest BCUT2D eigenvalue weighted by molar-refractivity contribution is 9.10. The van der Waals surface area contributed by atoms with Gasteiger partial charge in [-0.2, -0.15) is 0 Å². The first-order valence-electron chi connectivity index (χ1n) is 4.54. The summed E-state index contributed by atoms with van der Waals surface area (Å²) in [5.74, 6) is 1.44. The van der Waals surface area contributed by atoms with Gasteiger partial charge >= 0.3 is 0 Å². The molecule has 2 nitrogen and oxygen atoms in total. The Kier molecular flexibility index (Phi) is 2.88. The minimum Gasteiger partial charge on any atom is -0.491 e. The lowest BCUT2D eigenvalue weighted by molar-refractivity contribution is 0.301. The topological polar surface area (TPSA) is 35.2 Å². The Balaban J connectivity index is 2.10. The highest BCUT2D eigenvalue weighted by Gasteiger charge is 2.22. The van der Waals surface area contributed by atoms with Crippen LogP contribution in [0.4, 0.5) is 5.69 Å². The van der Waals surface area contributed by atoms with Gasteiger partial charge in [-0.1, -0.05) is 11.6 Å². The molecule has 4 heteroatoms. The summed E-state index contributed by atoms with van der Waals surface area (Å²) in [4.78, 5) is 0. The van der Waals surface area contributed by atoms with Crippen LogP contribution in [0.1, 0.15) is 12.8 Å². The van der Waals surface area contributed by atoms with Crippen molar-refractivity contribution in [2.24, 2.45) is 5.92 Å². The van der Waals surface area contributed by atoms with Crippen LogP contribution >= 0.6 is 27.5 Å². The van der Waals surface area contributed by atoms with Crippen LogP contribution in [0.3, 0.4) is 0 Å². The van der Waals surface area contributed by atoms with Crippen molar-refractivity contribution in [1.29, 1.82) is 0 Å². The molecule has 1 aromatic rings. The third-order valence-corrected chi connectivity index (χ3v) is 3.42. The minimum absolute atomic E-state index is 0.596. The zero-order valence-electron chi connectivity index (χ0n) is 7.59. The number of halogens is 2. The fraction of sp³-hybridized carbons (Fsp3) is 0.400. The molecule has 1 saturated carbocycles. The third kappa shape index (κ3) is 2.34. The van der Waals surface area contributed by atoms with Gasteiger partial charge in [-0.25, -0.2) is 0 Å². The fourth-order valence-electron chi connectivity index (χ4n) is 1.16. The smallest absolute Gasteiger partial charge is 0.143 e. The molecule has 0 aromatic heterocycles. The highest BCUT2D eigenvalue weighted by atomic mass is 79.9. The molecule has 0 radical (unpaired) electrons. The van der Waals surface area contributed by atoms with Crippen molar-refractivity contribution < 1.29 is 4.74 Å². The quantitative estimate of drug-likeness (QED) is 0.858. The van der Waals surface area contributed by atoms with Gasteiger partial charge in [0.2, 0.25) is 0 Å². The molecule has 1 aromatic carbocycles. The van der Waals surface area contributed by atoms with Gasteiger partial charge in [0, 0.05) is 4.47 Å². The molecule has 0 unspecified atom stereocenters. The molecule has 0 saturated heterocycles. The van der Waals surface area contributed by atoms with E-state index in [0.29, 0.717) is 16.5 Å².